The fourth-order valence-corrected chi connectivity index (χ4v) is 1.23. The highest BCUT2D eigenvalue weighted by Crippen LogP contribution is 2.53. The minimum atomic E-state index is -1.07. The second-order valence-corrected chi connectivity index (χ2v) is 3.54. The number of hydrogen-bond donors (Lipinski definition) is 1. The van der Waals surface area contributed by atoms with Crippen molar-refractivity contribution in [2.24, 2.45) is 11.3 Å². The lowest BCUT2D eigenvalue weighted by molar-refractivity contribution is -0.143. The molecule has 1 aliphatic carbocycles. The topological polar surface area (TPSA) is 63.6 Å². The van der Waals surface area contributed by atoms with Gasteiger partial charge in [0.05, 0.1) is 12.5 Å². The van der Waals surface area contributed by atoms with Gasteiger partial charge < -0.3 is 9.84 Å². The molecule has 5 heteroatoms. The van der Waals surface area contributed by atoms with E-state index in [9.17, 15) is 14.0 Å². The smallest absolute Gasteiger partial charge is 0.366 e. The van der Waals surface area contributed by atoms with Gasteiger partial charge in [-0.3, -0.25) is 4.79 Å². The van der Waals surface area contributed by atoms with Gasteiger partial charge in [-0.1, -0.05) is 0 Å². The highest BCUT2D eigenvalue weighted by atomic mass is 19.1. The second-order valence-electron chi connectivity index (χ2n) is 3.54. The van der Waals surface area contributed by atoms with E-state index in [0.29, 0.717) is 6.42 Å². The first kappa shape index (κ1) is 10.7. The highest BCUT2D eigenvalue weighted by Gasteiger charge is 2.55. The van der Waals surface area contributed by atoms with Crippen molar-refractivity contribution in [1.29, 1.82) is 0 Å². The number of rotatable bonds is 3. The van der Waals surface area contributed by atoms with Crippen molar-refractivity contribution in [1.82, 2.24) is 0 Å². The molecule has 1 fully saturated rings. The first-order chi connectivity index (χ1) is 6.41. The monoisotopic (exact) mass is 202 g/mol. The van der Waals surface area contributed by atoms with Gasteiger partial charge >= 0.3 is 11.9 Å². The molecule has 0 spiro atoms. The van der Waals surface area contributed by atoms with Crippen molar-refractivity contribution in [2.75, 3.05) is 7.11 Å². The number of halogens is 1. The van der Waals surface area contributed by atoms with Crippen LogP contribution in [-0.2, 0) is 14.3 Å². The van der Waals surface area contributed by atoms with Gasteiger partial charge in [-0.05, 0) is 25.3 Å². The first-order valence-electron chi connectivity index (χ1n) is 4.11. The summed E-state index contributed by atoms with van der Waals surface area (Å²) in [5.41, 5.74) is -0.925. The van der Waals surface area contributed by atoms with Crippen LogP contribution in [0.1, 0.15) is 13.3 Å². The zero-order valence-corrected chi connectivity index (χ0v) is 7.91. The number of esters is 1. The maximum Gasteiger partial charge on any atom is 0.366 e. The summed E-state index contributed by atoms with van der Waals surface area (Å²) in [5, 5.41) is 8.72. The maximum atomic E-state index is 12.9. The fraction of sp³-hybridized carbons (Fsp3) is 0.556. The highest BCUT2D eigenvalue weighted by molar-refractivity contribution is 5.86. The molecule has 4 nitrogen and oxygen atoms in total. The average Bonchev–Trinajstić information content (AvgIpc) is 2.77. The molecule has 0 heterocycles. The average molecular weight is 202 g/mol. The molecule has 78 valence electrons. The Morgan fingerprint density at radius 1 is 1.64 bits per heavy atom. The van der Waals surface area contributed by atoms with Crippen LogP contribution in [-0.4, -0.2) is 24.2 Å². The van der Waals surface area contributed by atoms with E-state index in [1.54, 1.807) is 0 Å². The number of methoxy groups -OCH3 is 1. The van der Waals surface area contributed by atoms with E-state index in [1.807, 2.05) is 0 Å². The lowest BCUT2D eigenvalue weighted by Gasteiger charge is -2.00. The molecule has 0 aromatic heterocycles. The lowest BCUT2D eigenvalue weighted by atomic mass is 10.1. The minimum absolute atomic E-state index is 0.354. The summed E-state index contributed by atoms with van der Waals surface area (Å²) in [6.45, 7) is 1.51. The molecular weight excluding hydrogens is 191 g/mol. The summed E-state index contributed by atoms with van der Waals surface area (Å²) in [6.07, 6.45) is 1.37. The van der Waals surface area contributed by atoms with Gasteiger partial charge in [0, 0.05) is 0 Å². The Bertz CT molecular complexity index is 310. The summed E-state index contributed by atoms with van der Waals surface area (Å²) in [5.74, 6) is -3.48. The zero-order chi connectivity index (χ0) is 10.9. The molecule has 1 saturated carbocycles. The summed E-state index contributed by atoms with van der Waals surface area (Å²) in [4.78, 5) is 21.3. The normalized spacial score (nSPS) is 31.1. The number of carboxylic acid groups (broad SMARTS) is 1. The Morgan fingerprint density at radius 2 is 2.21 bits per heavy atom. The quantitative estimate of drug-likeness (QED) is 0.550. The van der Waals surface area contributed by atoms with Crippen LogP contribution in [0.5, 0.6) is 0 Å². The van der Waals surface area contributed by atoms with Crippen LogP contribution in [0, 0.1) is 11.3 Å². The molecule has 1 rings (SSSR count). The third-order valence-electron chi connectivity index (χ3n) is 2.52. The molecule has 0 aromatic carbocycles. The number of carboxylic acids is 1. The van der Waals surface area contributed by atoms with E-state index in [4.69, 9.17) is 5.11 Å². The predicted octanol–water partition coefficient (Wildman–Crippen LogP) is 1.12. The summed E-state index contributed by atoms with van der Waals surface area (Å²) < 4.78 is 17.0. The molecule has 0 saturated heterocycles. The predicted molar refractivity (Wildman–Crippen MR) is 45.1 cm³/mol. The second kappa shape index (κ2) is 3.40. The number of allylic oxidation sites excluding steroid dienone is 1. The molecule has 0 radical (unpaired) electrons. The Morgan fingerprint density at radius 3 is 2.57 bits per heavy atom. The third kappa shape index (κ3) is 1.76. The van der Waals surface area contributed by atoms with Gasteiger partial charge in [-0.2, -0.15) is 4.39 Å². The van der Waals surface area contributed by atoms with Gasteiger partial charge in [-0.25, -0.2) is 4.79 Å². The number of carbonyl (C=O) groups is 2. The van der Waals surface area contributed by atoms with Gasteiger partial charge in [0.15, 0.2) is 0 Å². The van der Waals surface area contributed by atoms with Crippen LogP contribution in [0.3, 0.4) is 0 Å². The van der Waals surface area contributed by atoms with E-state index in [-0.39, 0.29) is 0 Å². The van der Waals surface area contributed by atoms with Crippen molar-refractivity contribution >= 4 is 11.9 Å². The molecule has 14 heavy (non-hydrogen) atoms. The molecule has 0 bridgehead atoms. The van der Waals surface area contributed by atoms with Crippen LogP contribution in [0.15, 0.2) is 11.9 Å². The van der Waals surface area contributed by atoms with Gasteiger partial charge in [-0.15, -0.1) is 0 Å². The minimum Gasteiger partial charge on any atom is -0.481 e. The molecular formula is C9H11FO4. The largest absolute Gasteiger partial charge is 0.481 e. The van der Waals surface area contributed by atoms with Crippen molar-refractivity contribution in [3.8, 4) is 0 Å². The number of aliphatic carboxylic acids is 1. The Labute approximate surface area is 80.4 Å². The van der Waals surface area contributed by atoms with E-state index in [1.165, 1.54) is 6.92 Å². The maximum absolute atomic E-state index is 12.9. The lowest BCUT2D eigenvalue weighted by Crippen LogP contribution is -2.12. The summed E-state index contributed by atoms with van der Waals surface area (Å²) in [6, 6.07) is 0. The van der Waals surface area contributed by atoms with Crippen molar-refractivity contribution in [3.05, 3.63) is 11.9 Å². The summed E-state index contributed by atoms with van der Waals surface area (Å²) >= 11 is 0. The van der Waals surface area contributed by atoms with Gasteiger partial charge in [0.25, 0.3) is 0 Å². The Hall–Kier alpha value is -1.39. The Balaban J connectivity index is 2.65. The Kier molecular flexibility index (Phi) is 2.59. The third-order valence-corrected chi connectivity index (χ3v) is 2.52. The van der Waals surface area contributed by atoms with Crippen molar-refractivity contribution in [2.45, 2.75) is 13.3 Å². The van der Waals surface area contributed by atoms with E-state index < -0.39 is 29.1 Å². The van der Waals surface area contributed by atoms with Crippen molar-refractivity contribution in [3.63, 3.8) is 0 Å². The molecule has 0 amide bonds. The summed E-state index contributed by atoms with van der Waals surface area (Å²) in [7, 11) is 1.07. The number of ether oxygens (including phenoxy) is 1. The van der Waals surface area contributed by atoms with Gasteiger partial charge in [0.1, 0.15) is 0 Å². The molecule has 2 unspecified atom stereocenters. The van der Waals surface area contributed by atoms with E-state index in [2.05, 4.69) is 4.74 Å². The SMILES string of the molecule is COC(=O)C(F)=CC1CC1(C)C(=O)O. The van der Waals surface area contributed by atoms with Crippen LogP contribution in [0.2, 0.25) is 0 Å². The van der Waals surface area contributed by atoms with E-state index in [0.717, 1.165) is 13.2 Å². The standard InChI is InChI=1S/C9H11FO4/c1-9(8(12)13)4-5(9)3-6(10)7(11)14-2/h3,5H,4H2,1-2H3,(H,12,13). The first-order valence-corrected chi connectivity index (χ1v) is 4.11. The molecule has 0 aromatic rings. The number of hydrogen-bond acceptors (Lipinski definition) is 3. The van der Waals surface area contributed by atoms with Crippen LogP contribution in [0.4, 0.5) is 4.39 Å². The molecule has 0 aliphatic heterocycles. The van der Waals surface area contributed by atoms with Crippen molar-refractivity contribution < 1.29 is 23.8 Å². The molecule has 2 atom stereocenters. The fourth-order valence-electron chi connectivity index (χ4n) is 1.23. The molecule has 1 N–H and O–H groups in total. The molecule has 1 aliphatic rings. The van der Waals surface area contributed by atoms with Gasteiger partial charge in [0.2, 0.25) is 5.83 Å². The van der Waals surface area contributed by atoms with E-state index >= 15 is 0 Å². The van der Waals surface area contributed by atoms with Crippen LogP contribution in [0.25, 0.3) is 0 Å². The zero-order valence-electron chi connectivity index (χ0n) is 7.91. The van der Waals surface area contributed by atoms with Crippen LogP contribution >= 0.6 is 0 Å². The van der Waals surface area contributed by atoms with Crippen LogP contribution < -0.4 is 0 Å². The number of carbonyl (C=O) groups excluding carboxylic acids is 1.